The summed E-state index contributed by atoms with van der Waals surface area (Å²) < 4.78 is 11.8. The van der Waals surface area contributed by atoms with Crippen molar-refractivity contribution in [1.82, 2.24) is 5.32 Å². The van der Waals surface area contributed by atoms with Crippen molar-refractivity contribution in [2.45, 2.75) is 12.5 Å². The van der Waals surface area contributed by atoms with Crippen LogP contribution in [0.25, 0.3) is 0 Å². The Morgan fingerprint density at radius 1 is 1.67 bits per heavy atom. The second-order valence-corrected chi connectivity index (χ2v) is 3.31. The third kappa shape index (κ3) is 7.15. The average Bonchev–Trinajstić information content (AvgIpc) is 2.21. The van der Waals surface area contributed by atoms with Crippen molar-refractivity contribution in [3.63, 3.8) is 0 Å². The molecule has 0 rings (SSSR count). The third-order valence-corrected chi connectivity index (χ3v) is 1.93. The van der Waals surface area contributed by atoms with Gasteiger partial charge in [0.15, 0.2) is 0 Å². The first kappa shape index (κ1) is 14.2. The van der Waals surface area contributed by atoms with E-state index >= 15 is 0 Å². The molecule has 1 atom stereocenters. The molecule has 7 heteroatoms. The van der Waals surface area contributed by atoms with Crippen LogP contribution in [0.1, 0.15) is 6.42 Å². The zero-order valence-corrected chi connectivity index (χ0v) is 9.21. The molecular formula is C8H16FN3O2S. The molecule has 0 amide bonds. The van der Waals surface area contributed by atoms with Gasteiger partial charge in [0.1, 0.15) is 18.6 Å². The predicted octanol–water partition coefficient (Wildman–Crippen LogP) is -0.324. The fraction of sp³-hybridized carbons (Fsp3) is 0.750. The molecule has 0 saturated heterocycles. The molecule has 0 aromatic heterocycles. The van der Waals surface area contributed by atoms with E-state index in [1.165, 1.54) is 0 Å². The summed E-state index contributed by atoms with van der Waals surface area (Å²) in [5.74, 6) is -0.510. The van der Waals surface area contributed by atoms with Crippen molar-refractivity contribution >= 4 is 24.4 Å². The van der Waals surface area contributed by atoms with Crippen molar-refractivity contribution in [1.29, 1.82) is 0 Å². The summed E-state index contributed by atoms with van der Waals surface area (Å²) in [6.07, 6.45) is 0.431. The summed E-state index contributed by atoms with van der Waals surface area (Å²) in [6.45, 7) is -0.156. The number of carboxylic acids is 1. The van der Waals surface area contributed by atoms with E-state index in [4.69, 9.17) is 10.8 Å². The second kappa shape index (κ2) is 8.49. The van der Waals surface area contributed by atoms with Crippen LogP contribution in [0.3, 0.4) is 0 Å². The summed E-state index contributed by atoms with van der Waals surface area (Å²) in [6, 6.07) is -0.635. The highest BCUT2D eigenvalue weighted by atomic mass is 32.1. The van der Waals surface area contributed by atoms with Crippen molar-refractivity contribution in [2.24, 2.45) is 10.7 Å². The summed E-state index contributed by atoms with van der Waals surface area (Å²) in [4.78, 5) is 14.3. The van der Waals surface area contributed by atoms with Gasteiger partial charge in [0.2, 0.25) is 0 Å². The number of hydrogen-bond donors (Lipinski definition) is 4. The van der Waals surface area contributed by atoms with E-state index in [2.05, 4.69) is 22.9 Å². The molecule has 0 radical (unpaired) electrons. The zero-order chi connectivity index (χ0) is 11.7. The number of nitrogens with one attached hydrogen (secondary N) is 1. The van der Waals surface area contributed by atoms with Gasteiger partial charge in [-0.25, -0.2) is 4.39 Å². The van der Waals surface area contributed by atoms with E-state index in [1.54, 1.807) is 0 Å². The van der Waals surface area contributed by atoms with Gasteiger partial charge in [-0.1, -0.05) is 0 Å². The number of halogens is 1. The largest absolute Gasteiger partial charge is 0.480 e. The van der Waals surface area contributed by atoms with Gasteiger partial charge in [-0.05, 0) is 12.2 Å². The minimum absolute atomic E-state index is 0.0714. The molecule has 0 aliphatic heterocycles. The number of aliphatic imine (C=N–C) groups is 1. The van der Waals surface area contributed by atoms with Gasteiger partial charge in [0, 0.05) is 6.54 Å². The van der Waals surface area contributed by atoms with E-state index in [-0.39, 0.29) is 12.4 Å². The number of carbonyl (C=O) groups is 1. The molecule has 0 aliphatic rings. The number of nitrogens with two attached hydrogens (primary N) is 1. The molecule has 0 aromatic carbocycles. The Balaban J connectivity index is 3.76. The number of hydrogen-bond acceptors (Lipinski definition) is 4. The van der Waals surface area contributed by atoms with Gasteiger partial charge in [-0.3, -0.25) is 9.79 Å². The molecule has 0 aliphatic carbocycles. The predicted molar refractivity (Wildman–Crippen MR) is 60.4 cm³/mol. The molecule has 88 valence electrons. The fourth-order valence-electron chi connectivity index (χ4n) is 0.922. The monoisotopic (exact) mass is 237 g/mol. The quantitative estimate of drug-likeness (QED) is 0.202. The maximum atomic E-state index is 11.8. The first-order valence-corrected chi connectivity index (χ1v) is 5.16. The summed E-state index contributed by atoms with van der Waals surface area (Å²) >= 11 is 3.95. The molecule has 15 heavy (non-hydrogen) atoms. The second-order valence-electron chi connectivity index (χ2n) is 2.86. The molecule has 0 bridgehead atoms. The zero-order valence-electron chi connectivity index (χ0n) is 8.32. The minimum Gasteiger partial charge on any atom is -0.480 e. The number of amidine groups is 1. The number of aliphatic carboxylic acids is 1. The van der Waals surface area contributed by atoms with E-state index in [0.717, 1.165) is 0 Å². The maximum absolute atomic E-state index is 11.8. The highest BCUT2D eigenvalue weighted by molar-refractivity contribution is 7.80. The summed E-state index contributed by atoms with van der Waals surface area (Å²) in [5.41, 5.74) is 5.13. The van der Waals surface area contributed by atoms with Crippen LogP contribution in [0.5, 0.6) is 0 Å². The van der Waals surface area contributed by atoms with Crippen LogP contribution in [-0.4, -0.2) is 48.5 Å². The number of thiol groups is 1. The first-order chi connectivity index (χ1) is 7.11. The Kier molecular flexibility index (Phi) is 8.02. The number of nitrogens with zero attached hydrogens (tertiary/aromatic N) is 1. The van der Waals surface area contributed by atoms with Crippen LogP contribution in [0.2, 0.25) is 0 Å². The SMILES string of the molecule is NC(CF)=NCCN[C@@H](CCS)C(=O)O. The maximum Gasteiger partial charge on any atom is 0.320 e. The lowest BCUT2D eigenvalue weighted by molar-refractivity contribution is -0.139. The van der Waals surface area contributed by atoms with Crippen LogP contribution >= 0.6 is 12.6 Å². The number of rotatable bonds is 8. The van der Waals surface area contributed by atoms with E-state index in [1.807, 2.05) is 0 Å². The fourth-order valence-corrected chi connectivity index (χ4v) is 1.18. The topological polar surface area (TPSA) is 87.7 Å². The molecule has 0 spiro atoms. The smallest absolute Gasteiger partial charge is 0.320 e. The van der Waals surface area contributed by atoms with Crippen molar-refractivity contribution in [3.8, 4) is 0 Å². The van der Waals surface area contributed by atoms with Gasteiger partial charge in [0.05, 0.1) is 6.54 Å². The minimum atomic E-state index is -0.925. The normalized spacial score (nSPS) is 13.9. The van der Waals surface area contributed by atoms with Gasteiger partial charge in [-0.2, -0.15) is 12.6 Å². The Bertz CT molecular complexity index is 226. The lowest BCUT2D eigenvalue weighted by atomic mass is 10.2. The molecule has 5 nitrogen and oxygen atoms in total. The molecule has 0 saturated carbocycles. The molecule has 0 unspecified atom stereocenters. The molecule has 0 heterocycles. The Labute approximate surface area is 93.4 Å². The van der Waals surface area contributed by atoms with Gasteiger partial charge >= 0.3 is 5.97 Å². The standard InChI is InChI=1S/C8H16FN3O2S/c9-5-7(10)12-3-2-11-6(1-4-15)8(13)14/h6,11,15H,1-5H2,(H2,10,12)(H,13,14)/t6-/m0/s1. The van der Waals surface area contributed by atoms with Crippen molar-refractivity contribution in [3.05, 3.63) is 0 Å². The first-order valence-electron chi connectivity index (χ1n) is 4.53. The van der Waals surface area contributed by atoms with E-state index < -0.39 is 18.7 Å². The molecule has 0 aromatic rings. The van der Waals surface area contributed by atoms with E-state index in [0.29, 0.717) is 18.7 Å². The Hall–Kier alpha value is -0.820. The summed E-state index contributed by atoms with van der Waals surface area (Å²) in [7, 11) is 0. The average molecular weight is 237 g/mol. The van der Waals surface area contributed by atoms with Gasteiger partial charge in [-0.15, -0.1) is 0 Å². The van der Waals surface area contributed by atoms with Crippen molar-refractivity contribution in [2.75, 3.05) is 25.5 Å². The Morgan fingerprint density at radius 2 is 2.33 bits per heavy atom. The molecular weight excluding hydrogens is 221 g/mol. The number of carboxylic acid groups (broad SMARTS) is 1. The van der Waals surface area contributed by atoms with Crippen LogP contribution in [0, 0.1) is 0 Å². The third-order valence-electron chi connectivity index (χ3n) is 1.67. The Morgan fingerprint density at radius 3 is 2.80 bits per heavy atom. The lowest BCUT2D eigenvalue weighted by Gasteiger charge is -2.11. The summed E-state index contributed by atoms with van der Waals surface area (Å²) in [5, 5.41) is 11.5. The van der Waals surface area contributed by atoms with E-state index in [9.17, 15) is 9.18 Å². The molecule has 4 N–H and O–H groups in total. The highest BCUT2D eigenvalue weighted by Gasteiger charge is 2.14. The number of alkyl halides is 1. The molecule has 0 fully saturated rings. The van der Waals surface area contributed by atoms with Gasteiger partial charge in [0.25, 0.3) is 0 Å². The van der Waals surface area contributed by atoms with Crippen LogP contribution in [-0.2, 0) is 4.79 Å². The lowest BCUT2D eigenvalue weighted by Crippen LogP contribution is -2.38. The highest BCUT2D eigenvalue weighted by Crippen LogP contribution is 1.94. The van der Waals surface area contributed by atoms with Crippen LogP contribution < -0.4 is 11.1 Å². The van der Waals surface area contributed by atoms with Crippen LogP contribution in [0.4, 0.5) is 4.39 Å². The van der Waals surface area contributed by atoms with Gasteiger partial charge < -0.3 is 16.2 Å². The van der Waals surface area contributed by atoms with Crippen molar-refractivity contribution < 1.29 is 14.3 Å². The van der Waals surface area contributed by atoms with Crippen LogP contribution in [0.15, 0.2) is 4.99 Å².